The average Bonchev–Trinajstić information content (AvgIpc) is 2.90. The molecule has 0 aliphatic heterocycles. The number of benzene rings is 1. The van der Waals surface area contributed by atoms with Crippen molar-refractivity contribution in [3.63, 3.8) is 0 Å². The Labute approximate surface area is 130 Å². The summed E-state index contributed by atoms with van der Waals surface area (Å²) in [6, 6.07) is 7.82. The van der Waals surface area contributed by atoms with Crippen LogP contribution in [0.4, 0.5) is 0 Å². The van der Waals surface area contributed by atoms with E-state index >= 15 is 0 Å². The van der Waals surface area contributed by atoms with Gasteiger partial charge < -0.3 is 14.6 Å². The van der Waals surface area contributed by atoms with Crippen LogP contribution in [0.25, 0.3) is 0 Å². The fourth-order valence-electron chi connectivity index (χ4n) is 2.26. The fourth-order valence-corrected chi connectivity index (χ4v) is 2.26. The van der Waals surface area contributed by atoms with Gasteiger partial charge in [-0.25, -0.2) is 0 Å². The van der Waals surface area contributed by atoms with Gasteiger partial charge in [0.1, 0.15) is 11.3 Å². The Hall–Kier alpha value is -2.30. The van der Waals surface area contributed by atoms with Crippen molar-refractivity contribution in [2.75, 3.05) is 13.7 Å². The lowest BCUT2D eigenvalue weighted by Crippen LogP contribution is -2.27. The molecule has 1 aromatic carbocycles. The van der Waals surface area contributed by atoms with Crippen LogP contribution in [0.15, 0.2) is 28.8 Å². The van der Waals surface area contributed by atoms with Crippen molar-refractivity contribution in [2.45, 2.75) is 33.1 Å². The minimum Gasteiger partial charge on any atom is -0.497 e. The summed E-state index contributed by atoms with van der Waals surface area (Å²) in [5.74, 6) is 1.47. The van der Waals surface area contributed by atoms with Gasteiger partial charge in [0.05, 0.1) is 12.8 Å². The highest BCUT2D eigenvalue weighted by molar-refractivity contribution is 5.96. The number of amides is 1. The summed E-state index contributed by atoms with van der Waals surface area (Å²) in [7, 11) is 1.64. The molecule has 0 saturated carbocycles. The maximum absolute atomic E-state index is 12.3. The molecule has 0 atom stereocenters. The van der Waals surface area contributed by atoms with Crippen molar-refractivity contribution in [1.29, 1.82) is 0 Å². The summed E-state index contributed by atoms with van der Waals surface area (Å²) < 4.78 is 10.4. The van der Waals surface area contributed by atoms with Crippen LogP contribution in [0.3, 0.4) is 0 Å². The summed E-state index contributed by atoms with van der Waals surface area (Å²) in [6.45, 7) is 6.31. The van der Waals surface area contributed by atoms with Gasteiger partial charge in [-0.05, 0) is 31.0 Å². The van der Waals surface area contributed by atoms with Crippen LogP contribution in [-0.4, -0.2) is 24.7 Å². The minimum absolute atomic E-state index is 0.128. The molecule has 1 aromatic heterocycles. The molecule has 2 rings (SSSR count). The molecule has 0 aliphatic rings. The highest BCUT2D eigenvalue weighted by atomic mass is 16.5. The first-order valence-corrected chi connectivity index (χ1v) is 7.40. The molecule has 5 heteroatoms. The number of nitrogens with one attached hydrogen (secondary N) is 1. The Morgan fingerprint density at radius 2 is 2.00 bits per heavy atom. The molecule has 1 amide bonds. The number of aromatic nitrogens is 1. The molecule has 0 radical (unpaired) electrons. The Morgan fingerprint density at radius 3 is 2.59 bits per heavy atom. The van der Waals surface area contributed by atoms with Gasteiger partial charge in [0.2, 0.25) is 0 Å². The Balaban J connectivity index is 1.94. The quantitative estimate of drug-likeness (QED) is 0.890. The SMILES string of the molecule is COc1ccc(CCNC(=O)c2c(C)noc2C(C)C)cc1. The molecule has 0 bridgehead atoms. The van der Waals surface area contributed by atoms with Gasteiger partial charge in [-0.2, -0.15) is 0 Å². The van der Waals surface area contributed by atoms with Gasteiger partial charge in [0, 0.05) is 12.5 Å². The molecule has 0 unspecified atom stereocenters. The number of methoxy groups -OCH3 is 1. The first-order valence-electron chi connectivity index (χ1n) is 7.40. The van der Waals surface area contributed by atoms with Crippen LogP contribution < -0.4 is 10.1 Å². The van der Waals surface area contributed by atoms with E-state index in [1.165, 1.54) is 0 Å². The zero-order valence-corrected chi connectivity index (χ0v) is 13.5. The first-order chi connectivity index (χ1) is 10.5. The van der Waals surface area contributed by atoms with Crippen molar-refractivity contribution in [2.24, 2.45) is 0 Å². The number of hydrogen-bond donors (Lipinski definition) is 1. The summed E-state index contributed by atoms with van der Waals surface area (Å²) >= 11 is 0. The summed E-state index contributed by atoms with van der Waals surface area (Å²) in [4.78, 5) is 12.3. The number of carbonyl (C=O) groups excluding carboxylic acids is 1. The molecule has 0 saturated heterocycles. The van der Waals surface area contributed by atoms with E-state index in [4.69, 9.17) is 9.26 Å². The third-order valence-electron chi connectivity index (χ3n) is 3.50. The van der Waals surface area contributed by atoms with Gasteiger partial charge in [0.15, 0.2) is 5.76 Å². The minimum atomic E-state index is -0.129. The molecular weight excluding hydrogens is 280 g/mol. The van der Waals surface area contributed by atoms with Crippen LogP contribution in [-0.2, 0) is 6.42 Å². The molecule has 0 aliphatic carbocycles. The van der Waals surface area contributed by atoms with Crippen molar-refractivity contribution in [1.82, 2.24) is 10.5 Å². The van der Waals surface area contributed by atoms with E-state index in [1.54, 1.807) is 14.0 Å². The van der Waals surface area contributed by atoms with Gasteiger partial charge in [-0.15, -0.1) is 0 Å². The zero-order chi connectivity index (χ0) is 16.1. The molecule has 2 aromatic rings. The lowest BCUT2D eigenvalue weighted by Gasteiger charge is -2.07. The average molecular weight is 302 g/mol. The predicted octanol–water partition coefficient (Wildman–Crippen LogP) is 3.09. The third-order valence-corrected chi connectivity index (χ3v) is 3.50. The molecule has 5 nitrogen and oxygen atoms in total. The van der Waals surface area contributed by atoms with E-state index in [2.05, 4.69) is 10.5 Å². The Bertz CT molecular complexity index is 630. The monoisotopic (exact) mass is 302 g/mol. The van der Waals surface area contributed by atoms with Crippen LogP contribution >= 0.6 is 0 Å². The molecular formula is C17H22N2O3. The van der Waals surface area contributed by atoms with E-state index in [0.29, 0.717) is 23.6 Å². The van der Waals surface area contributed by atoms with E-state index in [1.807, 2.05) is 38.1 Å². The first kappa shape index (κ1) is 16.1. The molecule has 0 fully saturated rings. The number of carbonyl (C=O) groups is 1. The highest BCUT2D eigenvalue weighted by Crippen LogP contribution is 2.22. The zero-order valence-electron chi connectivity index (χ0n) is 13.5. The van der Waals surface area contributed by atoms with E-state index in [0.717, 1.165) is 17.7 Å². The van der Waals surface area contributed by atoms with Crippen LogP contribution in [0, 0.1) is 6.92 Å². The van der Waals surface area contributed by atoms with Crippen molar-refractivity contribution in [3.8, 4) is 5.75 Å². The maximum atomic E-state index is 12.3. The molecule has 0 spiro atoms. The van der Waals surface area contributed by atoms with E-state index < -0.39 is 0 Å². The summed E-state index contributed by atoms with van der Waals surface area (Å²) in [5.41, 5.74) is 2.34. The van der Waals surface area contributed by atoms with E-state index in [-0.39, 0.29) is 11.8 Å². The predicted molar refractivity (Wildman–Crippen MR) is 84.4 cm³/mol. The number of rotatable bonds is 6. The number of ether oxygens (including phenoxy) is 1. The fraction of sp³-hybridized carbons (Fsp3) is 0.412. The largest absolute Gasteiger partial charge is 0.497 e. The smallest absolute Gasteiger partial charge is 0.256 e. The molecule has 22 heavy (non-hydrogen) atoms. The molecule has 118 valence electrons. The standard InChI is InChI=1S/C17H22N2O3/c1-11(2)16-15(12(3)19-22-16)17(20)18-10-9-13-5-7-14(21-4)8-6-13/h5-8,11H,9-10H2,1-4H3,(H,18,20). The van der Waals surface area contributed by atoms with Gasteiger partial charge in [-0.1, -0.05) is 31.1 Å². The Kier molecular flexibility index (Phi) is 5.20. The van der Waals surface area contributed by atoms with Crippen LogP contribution in [0.2, 0.25) is 0 Å². The lowest BCUT2D eigenvalue weighted by atomic mass is 10.0. The van der Waals surface area contributed by atoms with Crippen molar-refractivity contribution in [3.05, 3.63) is 46.8 Å². The van der Waals surface area contributed by atoms with Crippen LogP contribution in [0.5, 0.6) is 5.75 Å². The second kappa shape index (κ2) is 7.11. The number of nitrogens with zero attached hydrogens (tertiary/aromatic N) is 1. The van der Waals surface area contributed by atoms with Gasteiger partial charge >= 0.3 is 0 Å². The van der Waals surface area contributed by atoms with Crippen molar-refractivity contribution >= 4 is 5.91 Å². The molecule has 1 heterocycles. The second-order valence-electron chi connectivity index (χ2n) is 5.52. The van der Waals surface area contributed by atoms with Gasteiger partial charge in [0.25, 0.3) is 5.91 Å². The second-order valence-corrected chi connectivity index (χ2v) is 5.52. The van der Waals surface area contributed by atoms with Crippen LogP contribution in [0.1, 0.15) is 47.1 Å². The van der Waals surface area contributed by atoms with E-state index in [9.17, 15) is 4.79 Å². The number of aryl methyl sites for hydroxylation is 1. The summed E-state index contributed by atoms with van der Waals surface area (Å²) in [5, 5.41) is 6.82. The van der Waals surface area contributed by atoms with Crippen molar-refractivity contribution < 1.29 is 14.1 Å². The third kappa shape index (κ3) is 3.67. The maximum Gasteiger partial charge on any atom is 0.256 e. The lowest BCUT2D eigenvalue weighted by molar-refractivity contribution is 0.0951. The normalized spacial score (nSPS) is 10.8. The topological polar surface area (TPSA) is 64.4 Å². The number of hydrogen-bond acceptors (Lipinski definition) is 4. The van der Waals surface area contributed by atoms with Gasteiger partial charge in [-0.3, -0.25) is 4.79 Å². The highest BCUT2D eigenvalue weighted by Gasteiger charge is 2.22. The summed E-state index contributed by atoms with van der Waals surface area (Å²) in [6.07, 6.45) is 0.761. The molecule has 1 N–H and O–H groups in total. The Morgan fingerprint density at radius 1 is 1.32 bits per heavy atom.